The first kappa shape index (κ1) is 15.8. The molecule has 1 aliphatic heterocycles. The van der Waals surface area contributed by atoms with E-state index in [2.05, 4.69) is 24.1 Å². The van der Waals surface area contributed by atoms with Crippen LogP contribution in [0.5, 0.6) is 0 Å². The zero-order valence-electron chi connectivity index (χ0n) is 14.4. The summed E-state index contributed by atoms with van der Waals surface area (Å²) in [6.07, 6.45) is 16.2. The van der Waals surface area contributed by atoms with Crippen LogP contribution in [0.25, 0.3) is 0 Å². The molecule has 21 heavy (non-hydrogen) atoms. The van der Waals surface area contributed by atoms with E-state index in [1.54, 1.807) is 0 Å². The van der Waals surface area contributed by atoms with Crippen molar-refractivity contribution in [3.8, 4) is 0 Å². The lowest BCUT2D eigenvalue weighted by Gasteiger charge is -2.45. The number of rotatable bonds is 4. The third kappa shape index (κ3) is 3.82. The smallest absolute Gasteiger partial charge is 0.0195 e. The molecule has 2 saturated carbocycles. The Hall–Kier alpha value is -0.0800. The molecule has 2 nitrogen and oxygen atoms in total. The van der Waals surface area contributed by atoms with E-state index in [9.17, 15) is 0 Å². The first-order valence-corrected chi connectivity index (χ1v) is 9.68. The van der Waals surface area contributed by atoms with Crippen molar-refractivity contribution in [2.45, 2.75) is 103 Å². The fourth-order valence-corrected chi connectivity index (χ4v) is 5.29. The van der Waals surface area contributed by atoms with Crippen molar-refractivity contribution in [2.24, 2.45) is 5.41 Å². The second kappa shape index (κ2) is 7.00. The lowest BCUT2D eigenvalue weighted by molar-refractivity contribution is 0.0603. The van der Waals surface area contributed by atoms with Gasteiger partial charge >= 0.3 is 0 Å². The van der Waals surface area contributed by atoms with Gasteiger partial charge < -0.3 is 5.32 Å². The topological polar surface area (TPSA) is 15.3 Å². The van der Waals surface area contributed by atoms with E-state index in [-0.39, 0.29) is 0 Å². The highest BCUT2D eigenvalue weighted by atomic mass is 15.2. The predicted octanol–water partition coefficient (Wildman–Crippen LogP) is 4.34. The van der Waals surface area contributed by atoms with Crippen LogP contribution in [0.3, 0.4) is 0 Å². The van der Waals surface area contributed by atoms with Crippen LogP contribution in [0.2, 0.25) is 0 Å². The van der Waals surface area contributed by atoms with Crippen LogP contribution in [-0.2, 0) is 0 Å². The number of hydrogen-bond acceptors (Lipinski definition) is 2. The van der Waals surface area contributed by atoms with Crippen molar-refractivity contribution in [3.63, 3.8) is 0 Å². The molecule has 1 heterocycles. The van der Waals surface area contributed by atoms with Gasteiger partial charge in [0.2, 0.25) is 0 Å². The summed E-state index contributed by atoms with van der Waals surface area (Å²) >= 11 is 0. The quantitative estimate of drug-likeness (QED) is 0.829. The van der Waals surface area contributed by atoms with Crippen LogP contribution in [-0.4, -0.2) is 36.1 Å². The maximum Gasteiger partial charge on any atom is 0.0195 e. The zero-order chi connectivity index (χ0) is 14.7. The Morgan fingerprint density at radius 2 is 1.67 bits per heavy atom. The van der Waals surface area contributed by atoms with Crippen LogP contribution >= 0.6 is 0 Å². The fraction of sp³-hybridized carbons (Fsp3) is 1.00. The Balaban J connectivity index is 1.54. The standard InChI is InChI=1S/C19H36N2/c1-16(2)21(15-17-7-3-6-14-20-17)18-8-12-19(13-9-18)10-4-5-11-19/h16-18,20H,3-15H2,1-2H3. The molecule has 1 atom stereocenters. The maximum atomic E-state index is 3.75. The van der Waals surface area contributed by atoms with Crippen LogP contribution in [0.1, 0.15) is 84.5 Å². The van der Waals surface area contributed by atoms with Crippen LogP contribution in [0.4, 0.5) is 0 Å². The molecule has 1 saturated heterocycles. The second-order valence-corrected chi connectivity index (χ2v) is 8.38. The Labute approximate surface area is 132 Å². The molecule has 1 spiro atoms. The number of nitrogens with one attached hydrogen (secondary N) is 1. The third-order valence-electron chi connectivity index (χ3n) is 6.66. The van der Waals surface area contributed by atoms with E-state index in [1.165, 1.54) is 83.7 Å². The predicted molar refractivity (Wildman–Crippen MR) is 90.6 cm³/mol. The van der Waals surface area contributed by atoms with Gasteiger partial charge in [-0.15, -0.1) is 0 Å². The molecule has 0 amide bonds. The van der Waals surface area contributed by atoms with Gasteiger partial charge in [-0.2, -0.15) is 0 Å². The summed E-state index contributed by atoms with van der Waals surface area (Å²) in [4.78, 5) is 2.84. The van der Waals surface area contributed by atoms with Gasteiger partial charge in [-0.25, -0.2) is 0 Å². The summed E-state index contributed by atoms with van der Waals surface area (Å²) in [6.45, 7) is 7.34. The summed E-state index contributed by atoms with van der Waals surface area (Å²) in [7, 11) is 0. The van der Waals surface area contributed by atoms with Crippen molar-refractivity contribution >= 4 is 0 Å². The molecule has 1 unspecified atom stereocenters. The molecular formula is C19H36N2. The number of hydrogen-bond donors (Lipinski definition) is 1. The first-order chi connectivity index (χ1) is 10.2. The second-order valence-electron chi connectivity index (χ2n) is 8.38. The zero-order valence-corrected chi connectivity index (χ0v) is 14.4. The SMILES string of the molecule is CC(C)N(CC1CCCCN1)C1CCC2(CCCC2)CC1. The van der Waals surface area contributed by atoms with Gasteiger partial charge in [0.15, 0.2) is 0 Å². The lowest BCUT2D eigenvalue weighted by Crippen LogP contribution is -2.51. The largest absolute Gasteiger partial charge is 0.313 e. The number of piperidine rings is 1. The van der Waals surface area contributed by atoms with E-state index in [4.69, 9.17) is 0 Å². The molecule has 3 aliphatic rings. The molecule has 122 valence electrons. The van der Waals surface area contributed by atoms with Crippen LogP contribution < -0.4 is 5.32 Å². The minimum Gasteiger partial charge on any atom is -0.313 e. The molecule has 0 aromatic heterocycles. The van der Waals surface area contributed by atoms with Gasteiger partial charge in [-0.1, -0.05) is 19.3 Å². The van der Waals surface area contributed by atoms with Crippen LogP contribution in [0, 0.1) is 5.41 Å². The molecular weight excluding hydrogens is 256 g/mol. The summed E-state index contributed by atoms with van der Waals surface area (Å²) in [5, 5.41) is 3.75. The Morgan fingerprint density at radius 1 is 0.952 bits per heavy atom. The van der Waals surface area contributed by atoms with Gasteiger partial charge in [-0.3, -0.25) is 4.90 Å². The molecule has 0 aromatic rings. The number of nitrogens with zero attached hydrogens (tertiary/aromatic N) is 1. The summed E-state index contributed by atoms with van der Waals surface area (Å²) in [5.74, 6) is 0. The summed E-state index contributed by atoms with van der Waals surface area (Å²) < 4.78 is 0. The average molecular weight is 293 g/mol. The van der Waals surface area contributed by atoms with E-state index >= 15 is 0 Å². The highest BCUT2D eigenvalue weighted by Crippen LogP contribution is 2.49. The van der Waals surface area contributed by atoms with Crippen molar-refractivity contribution in [1.82, 2.24) is 10.2 Å². The molecule has 3 rings (SSSR count). The third-order valence-corrected chi connectivity index (χ3v) is 6.66. The van der Waals surface area contributed by atoms with Crippen molar-refractivity contribution in [2.75, 3.05) is 13.1 Å². The van der Waals surface area contributed by atoms with E-state index in [1.807, 2.05) is 0 Å². The van der Waals surface area contributed by atoms with Gasteiger partial charge in [0.05, 0.1) is 0 Å². The lowest BCUT2D eigenvalue weighted by atomic mass is 9.71. The summed E-state index contributed by atoms with van der Waals surface area (Å²) in [6, 6.07) is 2.32. The first-order valence-electron chi connectivity index (χ1n) is 9.68. The minimum absolute atomic E-state index is 0.705. The monoisotopic (exact) mass is 292 g/mol. The molecule has 0 aromatic carbocycles. The Morgan fingerprint density at radius 3 is 2.24 bits per heavy atom. The van der Waals surface area contributed by atoms with Crippen molar-refractivity contribution in [3.05, 3.63) is 0 Å². The van der Waals surface area contributed by atoms with Gasteiger partial charge in [0.25, 0.3) is 0 Å². The molecule has 3 fully saturated rings. The van der Waals surface area contributed by atoms with E-state index in [0.717, 1.165) is 17.5 Å². The van der Waals surface area contributed by atoms with Crippen molar-refractivity contribution < 1.29 is 0 Å². The van der Waals surface area contributed by atoms with Crippen molar-refractivity contribution in [1.29, 1.82) is 0 Å². The van der Waals surface area contributed by atoms with E-state index < -0.39 is 0 Å². The molecule has 2 aliphatic carbocycles. The molecule has 1 N–H and O–H groups in total. The normalized spacial score (nSPS) is 30.6. The molecule has 2 heteroatoms. The average Bonchev–Trinajstić information content (AvgIpc) is 2.95. The maximum absolute atomic E-state index is 3.75. The van der Waals surface area contributed by atoms with Gasteiger partial charge in [0, 0.05) is 24.7 Å². The van der Waals surface area contributed by atoms with Gasteiger partial charge in [0.1, 0.15) is 0 Å². The Kier molecular flexibility index (Phi) is 5.27. The molecule has 0 bridgehead atoms. The van der Waals surface area contributed by atoms with Gasteiger partial charge in [-0.05, 0) is 77.2 Å². The molecule has 0 radical (unpaired) electrons. The summed E-state index contributed by atoms with van der Waals surface area (Å²) in [5.41, 5.74) is 0.780. The highest BCUT2D eigenvalue weighted by Gasteiger charge is 2.39. The van der Waals surface area contributed by atoms with Crippen LogP contribution in [0.15, 0.2) is 0 Å². The fourth-order valence-electron chi connectivity index (χ4n) is 5.29. The minimum atomic E-state index is 0.705. The van der Waals surface area contributed by atoms with E-state index in [0.29, 0.717) is 6.04 Å². The highest BCUT2D eigenvalue weighted by molar-refractivity contribution is 4.93. The Bertz CT molecular complexity index is 304.